The standard InChI is InChI=1S/C11H22N2O2/c1-9(2)8-13-6-7-15-10(11(13)14)4-3-5-12/h9-10H,3-8,12H2,1-2H3. The summed E-state index contributed by atoms with van der Waals surface area (Å²) in [6, 6.07) is 0. The van der Waals surface area contributed by atoms with Gasteiger partial charge in [-0.2, -0.15) is 0 Å². The van der Waals surface area contributed by atoms with Gasteiger partial charge in [0.15, 0.2) is 0 Å². The largest absolute Gasteiger partial charge is 0.367 e. The minimum atomic E-state index is -0.249. The molecule has 1 aliphatic rings. The summed E-state index contributed by atoms with van der Waals surface area (Å²) in [4.78, 5) is 13.8. The number of morpholine rings is 1. The van der Waals surface area contributed by atoms with Crippen molar-refractivity contribution in [2.75, 3.05) is 26.2 Å². The molecule has 1 atom stereocenters. The predicted octanol–water partition coefficient (Wildman–Crippen LogP) is 0.609. The lowest BCUT2D eigenvalue weighted by atomic mass is 10.1. The van der Waals surface area contributed by atoms with E-state index in [1.165, 1.54) is 0 Å². The SMILES string of the molecule is CC(C)CN1CCOC(CCCN)C1=O. The van der Waals surface area contributed by atoms with E-state index in [4.69, 9.17) is 10.5 Å². The Morgan fingerprint density at radius 3 is 2.93 bits per heavy atom. The Labute approximate surface area is 91.8 Å². The molecule has 2 N–H and O–H groups in total. The fraction of sp³-hybridized carbons (Fsp3) is 0.909. The monoisotopic (exact) mass is 214 g/mol. The molecule has 0 aliphatic carbocycles. The van der Waals surface area contributed by atoms with Crippen LogP contribution in [0.25, 0.3) is 0 Å². The molecule has 1 saturated heterocycles. The Morgan fingerprint density at radius 1 is 1.60 bits per heavy atom. The van der Waals surface area contributed by atoms with Gasteiger partial charge in [-0.1, -0.05) is 13.8 Å². The predicted molar refractivity (Wildman–Crippen MR) is 59.4 cm³/mol. The van der Waals surface area contributed by atoms with Crippen LogP contribution in [0.3, 0.4) is 0 Å². The van der Waals surface area contributed by atoms with Crippen molar-refractivity contribution in [3.8, 4) is 0 Å². The van der Waals surface area contributed by atoms with E-state index in [9.17, 15) is 4.79 Å². The van der Waals surface area contributed by atoms with Crippen molar-refractivity contribution in [2.24, 2.45) is 11.7 Å². The van der Waals surface area contributed by atoms with Gasteiger partial charge in [-0.25, -0.2) is 0 Å². The lowest BCUT2D eigenvalue weighted by molar-refractivity contribution is -0.154. The van der Waals surface area contributed by atoms with Crippen molar-refractivity contribution in [1.29, 1.82) is 0 Å². The van der Waals surface area contributed by atoms with Gasteiger partial charge in [0, 0.05) is 13.1 Å². The zero-order valence-electron chi connectivity index (χ0n) is 9.74. The topological polar surface area (TPSA) is 55.6 Å². The van der Waals surface area contributed by atoms with Gasteiger partial charge in [0.05, 0.1) is 6.61 Å². The molecular weight excluding hydrogens is 192 g/mol. The van der Waals surface area contributed by atoms with Crippen LogP contribution in [0.15, 0.2) is 0 Å². The number of nitrogens with zero attached hydrogens (tertiary/aromatic N) is 1. The van der Waals surface area contributed by atoms with E-state index in [1.807, 2.05) is 4.90 Å². The normalized spacial score (nSPS) is 22.5. The summed E-state index contributed by atoms with van der Waals surface area (Å²) in [5, 5.41) is 0. The van der Waals surface area contributed by atoms with Gasteiger partial charge in [0.1, 0.15) is 6.10 Å². The van der Waals surface area contributed by atoms with Gasteiger partial charge in [-0.15, -0.1) is 0 Å². The zero-order valence-corrected chi connectivity index (χ0v) is 9.74. The molecule has 1 aliphatic heterocycles. The van der Waals surface area contributed by atoms with E-state index in [-0.39, 0.29) is 12.0 Å². The van der Waals surface area contributed by atoms with Gasteiger partial charge in [-0.05, 0) is 25.3 Å². The van der Waals surface area contributed by atoms with E-state index in [2.05, 4.69) is 13.8 Å². The Morgan fingerprint density at radius 2 is 2.33 bits per heavy atom. The summed E-state index contributed by atoms with van der Waals surface area (Å²) < 4.78 is 5.46. The zero-order chi connectivity index (χ0) is 11.3. The second-order valence-corrected chi connectivity index (χ2v) is 4.47. The van der Waals surface area contributed by atoms with E-state index in [0.717, 1.165) is 25.9 Å². The second kappa shape index (κ2) is 6.08. The second-order valence-electron chi connectivity index (χ2n) is 4.47. The quantitative estimate of drug-likeness (QED) is 0.729. The molecule has 4 nitrogen and oxygen atoms in total. The number of hydrogen-bond donors (Lipinski definition) is 1. The van der Waals surface area contributed by atoms with Crippen LogP contribution in [-0.4, -0.2) is 43.2 Å². The maximum atomic E-state index is 11.9. The smallest absolute Gasteiger partial charge is 0.251 e. The van der Waals surface area contributed by atoms with Crippen molar-refractivity contribution >= 4 is 5.91 Å². The number of ether oxygens (including phenoxy) is 1. The van der Waals surface area contributed by atoms with Crippen LogP contribution in [0.5, 0.6) is 0 Å². The minimum absolute atomic E-state index is 0.142. The molecule has 4 heteroatoms. The van der Waals surface area contributed by atoms with Gasteiger partial charge in [-0.3, -0.25) is 4.79 Å². The van der Waals surface area contributed by atoms with E-state index in [1.54, 1.807) is 0 Å². The summed E-state index contributed by atoms with van der Waals surface area (Å²) in [5.74, 6) is 0.658. The third kappa shape index (κ3) is 3.80. The lowest BCUT2D eigenvalue weighted by Gasteiger charge is -2.33. The van der Waals surface area contributed by atoms with E-state index < -0.39 is 0 Å². The van der Waals surface area contributed by atoms with Crippen molar-refractivity contribution in [3.63, 3.8) is 0 Å². The van der Waals surface area contributed by atoms with Gasteiger partial charge in [0.25, 0.3) is 5.91 Å². The molecule has 1 heterocycles. The van der Waals surface area contributed by atoms with Crippen LogP contribution in [0.1, 0.15) is 26.7 Å². The first-order valence-corrected chi connectivity index (χ1v) is 5.75. The molecular formula is C11H22N2O2. The van der Waals surface area contributed by atoms with Gasteiger partial charge >= 0.3 is 0 Å². The molecule has 1 amide bonds. The first kappa shape index (κ1) is 12.5. The maximum absolute atomic E-state index is 11.9. The van der Waals surface area contributed by atoms with Crippen molar-refractivity contribution in [3.05, 3.63) is 0 Å². The van der Waals surface area contributed by atoms with Crippen LogP contribution in [0.4, 0.5) is 0 Å². The molecule has 0 radical (unpaired) electrons. The average molecular weight is 214 g/mol. The van der Waals surface area contributed by atoms with Gasteiger partial charge in [0.2, 0.25) is 0 Å². The molecule has 1 unspecified atom stereocenters. The highest BCUT2D eigenvalue weighted by Crippen LogP contribution is 2.13. The van der Waals surface area contributed by atoms with E-state index >= 15 is 0 Å². The van der Waals surface area contributed by atoms with Crippen molar-refractivity contribution < 1.29 is 9.53 Å². The summed E-state index contributed by atoms with van der Waals surface area (Å²) in [6.45, 7) is 7.09. The first-order chi connectivity index (χ1) is 7.15. The number of nitrogens with two attached hydrogens (primary N) is 1. The van der Waals surface area contributed by atoms with Crippen molar-refractivity contribution in [2.45, 2.75) is 32.8 Å². The number of rotatable bonds is 5. The maximum Gasteiger partial charge on any atom is 0.251 e. The molecule has 0 spiro atoms. The molecule has 88 valence electrons. The molecule has 15 heavy (non-hydrogen) atoms. The van der Waals surface area contributed by atoms with Crippen molar-refractivity contribution in [1.82, 2.24) is 4.90 Å². The summed E-state index contributed by atoms with van der Waals surface area (Å²) in [7, 11) is 0. The average Bonchev–Trinajstić information content (AvgIpc) is 2.19. The number of hydrogen-bond acceptors (Lipinski definition) is 3. The Balaban J connectivity index is 2.43. The van der Waals surface area contributed by atoms with Crippen LogP contribution < -0.4 is 5.73 Å². The Bertz CT molecular complexity index is 207. The third-order valence-corrected chi connectivity index (χ3v) is 2.52. The third-order valence-electron chi connectivity index (χ3n) is 2.52. The molecule has 1 fully saturated rings. The molecule has 0 aromatic heterocycles. The molecule has 0 bridgehead atoms. The summed E-state index contributed by atoms with van der Waals surface area (Å²) in [6.07, 6.45) is 1.36. The molecule has 1 rings (SSSR count). The fourth-order valence-corrected chi connectivity index (χ4v) is 1.82. The Kier molecular flexibility index (Phi) is 5.05. The number of carbonyl (C=O) groups is 1. The number of amides is 1. The highest BCUT2D eigenvalue weighted by molar-refractivity contribution is 5.81. The molecule has 0 aromatic carbocycles. The summed E-state index contributed by atoms with van der Waals surface area (Å²) >= 11 is 0. The van der Waals surface area contributed by atoms with E-state index in [0.29, 0.717) is 19.1 Å². The highest BCUT2D eigenvalue weighted by atomic mass is 16.5. The van der Waals surface area contributed by atoms with Gasteiger partial charge < -0.3 is 15.4 Å². The first-order valence-electron chi connectivity index (χ1n) is 5.75. The van der Waals surface area contributed by atoms with Crippen LogP contribution in [0, 0.1) is 5.92 Å². The number of carbonyl (C=O) groups excluding carboxylic acids is 1. The molecule has 0 saturated carbocycles. The summed E-state index contributed by atoms with van der Waals surface area (Å²) in [5.41, 5.74) is 5.43. The fourth-order valence-electron chi connectivity index (χ4n) is 1.82. The minimum Gasteiger partial charge on any atom is -0.367 e. The van der Waals surface area contributed by atoms with Crippen LogP contribution in [0.2, 0.25) is 0 Å². The lowest BCUT2D eigenvalue weighted by Crippen LogP contribution is -2.49. The Hall–Kier alpha value is -0.610. The van der Waals surface area contributed by atoms with Crippen LogP contribution in [-0.2, 0) is 9.53 Å². The highest BCUT2D eigenvalue weighted by Gasteiger charge is 2.28. The molecule has 0 aromatic rings. The van der Waals surface area contributed by atoms with Crippen LogP contribution >= 0.6 is 0 Å².